The van der Waals surface area contributed by atoms with Crippen molar-refractivity contribution in [2.75, 3.05) is 37.0 Å². The van der Waals surface area contributed by atoms with Crippen LogP contribution in [-0.2, 0) is 16.0 Å². The summed E-state index contributed by atoms with van der Waals surface area (Å²) in [5.41, 5.74) is 4.66. The molecule has 1 aliphatic heterocycles. The Morgan fingerprint density at radius 3 is 2.98 bits per heavy atom. The van der Waals surface area contributed by atoms with E-state index < -0.39 is 6.09 Å². The maximum absolute atomic E-state index is 13.6. The largest absolute Gasteiger partial charge is 0.448 e. The van der Waals surface area contributed by atoms with Crippen LogP contribution in [0.25, 0.3) is 16.4 Å². The summed E-state index contributed by atoms with van der Waals surface area (Å²) in [4.78, 5) is 16.9. The van der Waals surface area contributed by atoms with Gasteiger partial charge in [0.1, 0.15) is 24.3 Å². The summed E-state index contributed by atoms with van der Waals surface area (Å²) in [7, 11) is 0. The number of aromatic nitrogens is 5. The fourth-order valence-corrected chi connectivity index (χ4v) is 4.66. The van der Waals surface area contributed by atoms with Gasteiger partial charge in [-0.05, 0) is 42.8 Å². The molecule has 0 radical (unpaired) electrons. The number of ether oxygens (including phenoxy) is 2. The van der Waals surface area contributed by atoms with Gasteiger partial charge in [-0.3, -0.25) is 10.00 Å². The summed E-state index contributed by atoms with van der Waals surface area (Å²) in [6.07, 6.45) is 4.40. The molecule has 1 atom stereocenters. The summed E-state index contributed by atoms with van der Waals surface area (Å²) in [6, 6.07) is 12.3. The van der Waals surface area contributed by atoms with E-state index in [1.807, 2.05) is 35.9 Å². The minimum Gasteiger partial charge on any atom is -0.448 e. The van der Waals surface area contributed by atoms with Crippen molar-refractivity contribution in [3.05, 3.63) is 78.1 Å². The van der Waals surface area contributed by atoms with Gasteiger partial charge in [-0.15, -0.1) is 17.0 Å². The zero-order chi connectivity index (χ0) is 26.8. The third kappa shape index (κ3) is 5.91. The molecule has 40 heavy (non-hydrogen) atoms. The zero-order valence-electron chi connectivity index (χ0n) is 21.6. The van der Waals surface area contributed by atoms with Crippen LogP contribution < -0.4 is 16.0 Å². The molecule has 208 valence electrons. The number of hydrogen-bond acceptors (Lipinski definition) is 8. The predicted molar refractivity (Wildman–Crippen MR) is 154 cm³/mol. The molecule has 0 saturated carbocycles. The molecule has 1 fully saturated rings. The third-order valence-corrected chi connectivity index (χ3v) is 6.60. The van der Waals surface area contributed by atoms with Gasteiger partial charge >= 0.3 is 6.09 Å². The lowest BCUT2D eigenvalue weighted by atomic mass is 10.2. The molecule has 1 amide bonds. The van der Waals surface area contributed by atoms with Gasteiger partial charge in [-0.1, -0.05) is 12.1 Å². The number of hydrogen-bond donors (Lipinski definition) is 3. The first-order chi connectivity index (χ1) is 19.0. The first-order valence-electron chi connectivity index (χ1n) is 12.6. The molecule has 1 aliphatic rings. The smallest absolute Gasteiger partial charge is 0.411 e. The van der Waals surface area contributed by atoms with Crippen LogP contribution in [0.2, 0.25) is 0 Å². The van der Waals surface area contributed by atoms with E-state index >= 15 is 0 Å². The van der Waals surface area contributed by atoms with Crippen molar-refractivity contribution in [1.82, 2.24) is 29.7 Å². The fourth-order valence-electron chi connectivity index (χ4n) is 4.66. The second-order valence-electron chi connectivity index (χ2n) is 9.35. The van der Waals surface area contributed by atoms with Crippen LogP contribution in [0.5, 0.6) is 0 Å². The summed E-state index contributed by atoms with van der Waals surface area (Å²) < 4.78 is 27.8. The number of carbonyl (C=O) groups excluding carboxylic acids is 1. The fraction of sp³-hybridized carbons (Fsp3) is 0.259. The Morgan fingerprint density at radius 2 is 2.15 bits per heavy atom. The highest BCUT2D eigenvalue weighted by Gasteiger charge is 2.18. The molecule has 0 aliphatic carbocycles. The van der Waals surface area contributed by atoms with Gasteiger partial charge in [0.15, 0.2) is 5.82 Å². The number of amides is 1. The van der Waals surface area contributed by atoms with Gasteiger partial charge in [-0.25, -0.2) is 18.7 Å². The number of fused-ring (bicyclic) bond motifs is 2. The van der Waals surface area contributed by atoms with Crippen molar-refractivity contribution in [3.63, 3.8) is 0 Å². The lowest BCUT2D eigenvalue weighted by Gasteiger charge is -2.23. The second kappa shape index (κ2) is 12.0. The Bertz CT molecular complexity index is 1650. The number of morpholine rings is 1. The Morgan fingerprint density at radius 1 is 1.25 bits per heavy atom. The van der Waals surface area contributed by atoms with Crippen LogP contribution in [0.15, 0.2) is 61.2 Å². The lowest BCUT2D eigenvalue weighted by Crippen LogP contribution is -2.44. The molecule has 3 N–H and O–H groups in total. The summed E-state index contributed by atoms with van der Waals surface area (Å²) >= 11 is 0. The van der Waals surface area contributed by atoms with Gasteiger partial charge in [0.2, 0.25) is 0 Å². The van der Waals surface area contributed by atoms with Crippen molar-refractivity contribution < 1.29 is 18.7 Å². The molecule has 0 bridgehead atoms. The normalized spacial score (nSPS) is 15.1. The van der Waals surface area contributed by atoms with Crippen LogP contribution in [0.1, 0.15) is 11.1 Å². The zero-order valence-corrected chi connectivity index (χ0v) is 23.3. The van der Waals surface area contributed by atoms with E-state index in [-0.39, 0.29) is 35.4 Å². The monoisotopic (exact) mass is 610 g/mol. The first-order valence-corrected chi connectivity index (χ1v) is 12.6. The molecule has 6 rings (SSSR count). The number of halogens is 2. The number of rotatable bonds is 7. The van der Waals surface area contributed by atoms with Gasteiger partial charge in [0.25, 0.3) is 0 Å². The maximum atomic E-state index is 13.6. The van der Waals surface area contributed by atoms with Crippen LogP contribution in [0, 0.1) is 12.7 Å². The van der Waals surface area contributed by atoms with Gasteiger partial charge in [0.05, 0.1) is 49.4 Å². The van der Waals surface area contributed by atoms with Crippen molar-refractivity contribution in [2.45, 2.75) is 19.5 Å². The SMILES string of the molecule is Br.Cc1c(NC(=O)OC[C@@H]2COCCN2)cn2ncnc(Nc3ccc4c(cnn4Cc4cccc(F)c4)c3)c12. The van der Waals surface area contributed by atoms with Crippen molar-refractivity contribution in [1.29, 1.82) is 0 Å². The van der Waals surface area contributed by atoms with E-state index in [4.69, 9.17) is 9.47 Å². The highest BCUT2D eigenvalue weighted by atomic mass is 79.9. The molecule has 11 nitrogen and oxygen atoms in total. The van der Waals surface area contributed by atoms with E-state index in [2.05, 4.69) is 31.1 Å². The van der Waals surface area contributed by atoms with E-state index in [0.717, 1.165) is 39.8 Å². The molecular weight excluding hydrogens is 583 g/mol. The topological polar surface area (TPSA) is 120 Å². The number of aryl methyl sites for hydroxylation is 1. The molecule has 3 aromatic heterocycles. The van der Waals surface area contributed by atoms with Crippen molar-refractivity contribution in [2.24, 2.45) is 0 Å². The van der Waals surface area contributed by atoms with E-state index in [0.29, 0.717) is 31.3 Å². The first kappa shape index (κ1) is 27.5. The number of nitrogens with one attached hydrogen (secondary N) is 3. The van der Waals surface area contributed by atoms with Crippen LogP contribution >= 0.6 is 17.0 Å². The molecule has 0 spiro atoms. The molecule has 2 aromatic carbocycles. The van der Waals surface area contributed by atoms with Crippen LogP contribution in [0.4, 0.5) is 26.4 Å². The molecule has 4 heterocycles. The second-order valence-corrected chi connectivity index (χ2v) is 9.35. The average molecular weight is 611 g/mol. The Balaban J connectivity index is 0.00000323. The van der Waals surface area contributed by atoms with Crippen molar-refractivity contribution >= 4 is 56.7 Å². The lowest BCUT2D eigenvalue weighted by molar-refractivity contribution is 0.0494. The van der Waals surface area contributed by atoms with E-state index in [1.165, 1.54) is 18.5 Å². The minimum absolute atomic E-state index is 0. The van der Waals surface area contributed by atoms with Gasteiger partial charge < -0.3 is 20.1 Å². The van der Waals surface area contributed by atoms with Crippen molar-refractivity contribution in [3.8, 4) is 0 Å². The summed E-state index contributed by atoms with van der Waals surface area (Å²) in [6.45, 7) is 4.46. The van der Waals surface area contributed by atoms with Gasteiger partial charge in [-0.2, -0.15) is 10.2 Å². The summed E-state index contributed by atoms with van der Waals surface area (Å²) in [5, 5.41) is 19.1. The number of carbonyl (C=O) groups is 1. The Hall–Kier alpha value is -4.07. The molecular formula is C27H28BrFN8O3. The van der Waals surface area contributed by atoms with Gasteiger partial charge in [0, 0.05) is 23.2 Å². The number of nitrogens with zero attached hydrogens (tertiary/aromatic N) is 5. The highest BCUT2D eigenvalue weighted by molar-refractivity contribution is 8.93. The number of anilines is 3. The quantitative estimate of drug-likeness (QED) is 0.247. The molecule has 13 heteroatoms. The Labute approximate surface area is 239 Å². The Kier molecular flexibility index (Phi) is 8.24. The minimum atomic E-state index is -0.551. The predicted octanol–water partition coefficient (Wildman–Crippen LogP) is 4.43. The molecule has 1 saturated heterocycles. The standard InChI is InChI=1S/C27H27FN8O3.BrH/c1-17-23(34-27(37)39-15-22-14-38-8-7-29-22)13-36-25(17)26(30-16-32-36)33-21-5-6-24-19(10-21)11-31-35(24)12-18-3-2-4-20(28)9-18;/h2-6,9-11,13,16,22,29H,7-8,12,14-15H2,1H3,(H,34,37)(H,30,32,33);1H/t22-;/m0./s1. The summed E-state index contributed by atoms with van der Waals surface area (Å²) in [5.74, 6) is 0.313. The third-order valence-electron chi connectivity index (χ3n) is 6.60. The maximum Gasteiger partial charge on any atom is 0.411 e. The average Bonchev–Trinajstić information content (AvgIpc) is 3.48. The van der Waals surface area contributed by atoms with E-state index in [9.17, 15) is 9.18 Å². The molecule has 5 aromatic rings. The number of benzene rings is 2. The van der Waals surface area contributed by atoms with Crippen LogP contribution in [0.3, 0.4) is 0 Å². The highest BCUT2D eigenvalue weighted by Crippen LogP contribution is 2.29. The van der Waals surface area contributed by atoms with E-state index in [1.54, 1.807) is 23.0 Å². The van der Waals surface area contributed by atoms with Crippen LogP contribution in [-0.4, -0.2) is 62.9 Å². The molecule has 0 unspecified atom stereocenters.